The van der Waals surface area contributed by atoms with Crippen LogP contribution in [0.3, 0.4) is 0 Å². The maximum atomic E-state index is 15.4. The molecule has 1 amide bonds. The van der Waals surface area contributed by atoms with Crippen LogP contribution in [0.15, 0.2) is 42.5 Å². The Hall–Kier alpha value is -2.57. The molecule has 1 aliphatic carbocycles. The number of halogens is 2. The molecule has 3 fully saturated rings. The molecule has 2 saturated heterocycles. The number of alkyl carbamates (subject to hydrolysis) is 1. The summed E-state index contributed by atoms with van der Waals surface area (Å²) in [6, 6.07) is 10.5. The highest BCUT2D eigenvalue weighted by atomic mass is 35.5. The first-order chi connectivity index (χ1) is 21.6. The number of ether oxygens (including phenoxy) is 2. The zero-order valence-electron chi connectivity index (χ0n) is 25.8. The summed E-state index contributed by atoms with van der Waals surface area (Å²) in [5.41, 5.74) is 1.77. The van der Waals surface area contributed by atoms with E-state index in [1.54, 1.807) is 28.6 Å². The lowest BCUT2D eigenvalue weighted by Gasteiger charge is -2.40. The van der Waals surface area contributed by atoms with Gasteiger partial charge in [-0.05, 0) is 86.3 Å². The van der Waals surface area contributed by atoms with Crippen molar-refractivity contribution in [3.8, 4) is 0 Å². The number of carbonyl (C=O) groups excluding carboxylic acids is 2. The quantitative estimate of drug-likeness (QED) is 0.341. The fourth-order valence-corrected chi connectivity index (χ4v) is 9.31. The maximum absolute atomic E-state index is 15.4. The van der Waals surface area contributed by atoms with E-state index < -0.39 is 28.0 Å². The fourth-order valence-electron chi connectivity index (χ4n) is 6.94. The number of piperazine rings is 1. The predicted octanol–water partition coefficient (Wildman–Crippen LogP) is 4.61. The maximum Gasteiger partial charge on any atom is 0.407 e. The predicted molar refractivity (Wildman–Crippen MR) is 170 cm³/mol. The highest BCUT2D eigenvalue weighted by Gasteiger charge is 2.46. The lowest BCUT2D eigenvalue weighted by atomic mass is 9.74. The highest BCUT2D eigenvalue weighted by molar-refractivity contribution is 7.90. The van der Waals surface area contributed by atoms with Crippen molar-refractivity contribution in [3.63, 3.8) is 0 Å². The second-order valence-corrected chi connectivity index (χ2v) is 15.0. The van der Waals surface area contributed by atoms with Crippen molar-refractivity contribution >= 4 is 33.5 Å². The third-order valence-corrected chi connectivity index (χ3v) is 12.2. The van der Waals surface area contributed by atoms with Gasteiger partial charge in [0.05, 0.1) is 18.4 Å². The molecule has 2 aromatic carbocycles. The van der Waals surface area contributed by atoms with Gasteiger partial charge in [-0.2, -0.15) is 4.31 Å². The zero-order chi connectivity index (χ0) is 32.1. The van der Waals surface area contributed by atoms with E-state index in [1.165, 1.54) is 13.2 Å². The highest BCUT2D eigenvalue weighted by Crippen LogP contribution is 2.37. The number of amides is 1. The van der Waals surface area contributed by atoms with Gasteiger partial charge >= 0.3 is 6.09 Å². The number of nitrogens with one attached hydrogen (secondary N) is 2. The molecule has 3 aliphatic rings. The Morgan fingerprint density at radius 3 is 2.49 bits per heavy atom. The number of Topliss-reactive ketones (excluding diaryl/α,β-unsaturated/α-hetero) is 1. The Labute approximate surface area is 270 Å². The number of hydrogen-bond acceptors (Lipinski definition) is 7. The van der Waals surface area contributed by atoms with E-state index in [1.807, 2.05) is 19.1 Å². The smallest absolute Gasteiger partial charge is 0.407 e. The summed E-state index contributed by atoms with van der Waals surface area (Å²) in [5.74, 6) is -1.06. The van der Waals surface area contributed by atoms with Gasteiger partial charge in [-0.1, -0.05) is 35.9 Å². The molecule has 1 saturated carbocycles. The lowest BCUT2D eigenvalue weighted by molar-refractivity contribution is -0.121. The molecule has 246 valence electrons. The van der Waals surface area contributed by atoms with Crippen LogP contribution in [0.25, 0.3) is 0 Å². The largest absolute Gasteiger partial charge is 0.453 e. The number of sulfonamides is 1. The average Bonchev–Trinajstić information content (AvgIpc) is 3.88. The van der Waals surface area contributed by atoms with Crippen LogP contribution in [0.1, 0.15) is 61.6 Å². The topological polar surface area (TPSA) is 114 Å². The number of benzene rings is 2. The molecule has 0 radical (unpaired) electrons. The Bertz CT molecular complexity index is 1450. The summed E-state index contributed by atoms with van der Waals surface area (Å²) in [6.07, 6.45) is 2.60. The number of rotatable bonds is 12. The van der Waals surface area contributed by atoms with Crippen molar-refractivity contribution in [1.82, 2.24) is 14.9 Å². The lowest BCUT2D eigenvalue weighted by Crippen LogP contribution is -2.59. The van der Waals surface area contributed by atoms with Crippen LogP contribution in [-0.4, -0.2) is 81.4 Å². The molecule has 5 rings (SSSR count). The Morgan fingerprint density at radius 2 is 1.82 bits per heavy atom. The summed E-state index contributed by atoms with van der Waals surface area (Å²) < 4.78 is 54.2. The summed E-state index contributed by atoms with van der Waals surface area (Å²) in [7, 11) is -2.18. The molecule has 2 aromatic rings. The van der Waals surface area contributed by atoms with Gasteiger partial charge in [0.25, 0.3) is 0 Å². The van der Waals surface area contributed by atoms with Crippen molar-refractivity contribution in [2.24, 2.45) is 5.92 Å². The first-order valence-corrected chi connectivity index (χ1v) is 17.7. The van der Waals surface area contributed by atoms with Gasteiger partial charge < -0.3 is 20.1 Å². The van der Waals surface area contributed by atoms with Crippen LogP contribution in [0.2, 0.25) is 5.02 Å². The molecule has 2 heterocycles. The molecule has 12 heteroatoms. The molecule has 9 nitrogen and oxygen atoms in total. The number of nitrogens with zero attached hydrogens (tertiary/aromatic N) is 1. The number of methoxy groups -OCH3 is 1. The zero-order valence-corrected chi connectivity index (χ0v) is 27.4. The van der Waals surface area contributed by atoms with Crippen LogP contribution < -0.4 is 10.6 Å². The molecule has 45 heavy (non-hydrogen) atoms. The molecule has 0 bridgehead atoms. The molecule has 0 spiro atoms. The van der Waals surface area contributed by atoms with E-state index in [-0.39, 0.29) is 47.8 Å². The van der Waals surface area contributed by atoms with Gasteiger partial charge in [-0.25, -0.2) is 17.6 Å². The minimum atomic E-state index is -3.43. The van der Waals surface area contributed by atoms with E-state index in [4.69, 9.17) is 21.1 Å². The van der Waals surface area contributed by atoms with Crippen molar-refractivity contribution in [1.29, 1.82) is 0 Å². The van der Waals surface area contributed by atoms with Gasteiger partial charge in [-0.3, -0.25) is 4.79 Å². The third-order valence-electron chi connectivity index (χ3n) is 9.36. The van der Waals surface area contributed by atoms with E-state index in [0.717, 1.165) is 5.56 Å². The number of ketones is 1. The SMILES string of the molecule is COC(=O)N[C@H](C(=O)Cc1cccc(F)c1CC[C@H]1CNC[C@H](C)N1S(=O)(=O)C1CC1)[C@@H](c1ccc(Cl)cc1)C1CCOCC1. The standard InChI is InChI=1S/C33H43ClFN3O6S/c1-21-19-36-20-26(38(21)45(41,42)27-11-12-27)10-13-28-24(4-3-5-29(28)35)18-30(39)32(37-33(40)43-2)31(23-14-16-44-17-15-23)22-6-8-25(34)9-7-22/h3-9,21,23,26-27,31-32,36H,10-20H2,1-2H3,(H,37,40)/t21-,26-,31-,32+/m0/s1. The van der Waals surface area contributed by atoms with Gasteiger partial charge in [0.2, 0.25) is 10.0 Å². The number of hydrogen-bond donors (Lipinski definition) is 2. The van der Waals surface area contributed by atoms with Gasteiger partial charge in [0.1, 0.15) is 5.82 Å². The van der Waals surface area contributed by atoms with Crippen LogP contribution >= 0.6 is 11.6 Å². The van der Waals surface area contributed by atoms with Crippen molar-refractivity contribution in [2.45, 2.75) is 81.2 Å². The number of carbonyl (C=O) groups is 2. The molecule has 2 aliphatic heterocycles. The van der Waals surface area contributed by atoms with Crippen LogP contribution in [0.5, 0.6) is 0 Å². The molecular weight excluding hydrogens is 621 g/mol. The first-order valence-electron chi connectivity index (χ1n) is 15.8. The normalized spacial score (nSPS) is 22.8. The van der Waals surface area contributed by atoms with Gasteiger partial charge in [0.15, 0.2) is 5.78 Å². The summed E-state index contributed by atoms with van der Waals surface area (Å²) in [4.78, 5) is 26.8. The third kappa shape index (κ3) is 8.05. The Kier molecular flexibility index (Phi) is 11.2. The fraction of sp³-hybridized carbons (Fsp3) is 0.576. The van der Waals surface area contributed by atoms with Crippen molar-refractivity contribution in [2.75, 3.05) is 33.4 Å². The van der Waals surface area contributed by atoms with E-state index in [2.05, 4.69) is 10.6 Å². The summed E-state index contributed by atoms with van der Waals surface area (Å²) >= 11 is 6.18. The molecule has 2 N–H and O–H groups in total. The van der Waals surface area contributed by atoms with Crippen molar-refractivity contribution in [3.05, 3.63) is 70.0 Å². The van der Waals surface area contributed by atoms with Gasteiger partial charge in [0, 0.05) is 55.7 Å². The molecule has 4 atom stereocenters. The monoisotopic (exact) mass is 663 g/mol. The van der Waals surface area contributed by atoms with Crippen LogP contribution in [0, 0.1) is 11.7 Å². The summed E-state index contributed by atoms with van der Waals surface area (Å²) in [5, 5.41) is 6.35. The van der Waals surface area contributed by atoms with Crippen LogP contribution in [0.4, 0.5) is 9.18 Å². The van der Waals surface area contributed by atoms with E-state index in [9.17, 15) is 18.0 Å². The Balaban J connectivity index is 1.41. The molecular formula is C33H43ClFN3O6S. The Morgan fingerprint density at radius 1 is 1.11 bits per heavy atom. The molecule has 0 aromatic heterocycles. The summed E-state index contributed by atoms with van der Waals surface area (Å²) in [6.45, 7) is 4.04. The van der Waals surface area contributed by atoms with E-state index in [0.29, 0.717) is 74.6 Å². The van der Waals surface area contributed by atoms with Crippen molar-refractivity contribution < 1.29 is 31.9 Å². The second-order valence-electron chi connectivity index (χ2n) is 12.4. The van der Waals surface area contributed by atoms with Crippen LogP contribution in [-0.2, 0) is 37.1 Å². The van der Waals surface area contributed by atoms with Gasteiger partial charge in [-0.15, -0.1) is 0 Å². The first kappa shape index (κ1) is 33.8. The molecule has 0 unspecified atom stereocenters. The minimum Gasteiger partial charge on any atom is -0.453 e. The second kappa shape index (κ2) is 14.9. The average molecular weight is 664 g/mol. The van der Waals surface area contributed by atoms with E-state index >= 15 is 4.39 Å². The minimum absolute atomic E-state index is 0.0400.